The minimum atomic E-state index is -0.404. The predicted octanol–water partition coefficient (Wildman–Crippen LogP) is 2.04. The first-order valence-electron chi connectivity index (χ1n) is 8.06. The number of β-amino-alcohol motifs (C(OH)–C–C–N with tert-alkyl or cyclic N) is 1. The maximum atomic E-state index is 10.3. The van der Waals surface area contributed by atoms with E-state index in [9.17, 15) is 5.11 Å². The molecular weight excluding hydrogens is 276 g/mol. The summed E-state index contributed by atoms with van der Waals surface area (Å²) in [7, 11) is 0. The summed E-state index contributed by atoms with van der Waals surface area (Å²) in [6.07, 6.45) is 3.76. The second-order valence-corrected chi connectivity index (χ2v) is 6.29. The topological polar surface area (TPSA) is 54.2 Å². The maximum absolute atomic E-state index is 10.3. The van der Waals surface area contributed by atoms with Crippen LogP contribution < -0.4 is 0 Å². The smallest absolute Gasteiger partial charge is 0.181 e. The van der Waals surface area contributed by atoms with Gasteiger partial charge in [-0.05, 0) is 31.8 Å². The number of hydrogen-bond acceptors (Lipinski definition) is 4. The summed E-state index contributed by atoms with van der Waals surface area (Å²) in [6.45, 7) is 5.68. The molecule has 0 amide bonds. The molecule has 1 N–H and O–H groups in total. The van der Waals surface area contributed by atoms with Crippen molar-refractivity contribution in [3.8, 4) is 11.4 Å². The molecule has 1 fully saturated rings. The number of aliphatic hydroxyl groups excluding tert-OH is 1. The minimum absolute atomic E-state index is 0.404. The van der Waals surface area contributed by atoms with Crippen LogP contribution in [0.2, 0.25) is 0 Å². The molecule has 2 aromatic rings. The molecule has 5 nitrogen and oxygen atoms in total. The van der Waals surface area contributed by atoms with E-state index in [1.807, 2.05) is 30.3 Å². The number of likely N-dealkylation sites (tertiary alicyclic amines) is 1. The van der Waals surface area contributed by atoms with Crippen LogP contribution in [0, 0.1) is 5.92 Å². The Morgan fingerprint density at radius 2 is 1.91 bits per heavy atom. The van der Waals surface area contributed by atoms with Crippen molar-refractivity contribution in [3.63, 3.8) is 0 Å². The van der Waals surface area contributed by atoms with Gasteiger partial charge in [-0.25, -0.2) is 9.67 Å². The predicted molar refractivity (Wildman–Crippen MR) is 86.3 cm³/mol. The van der Waals surface area contributed by atoms with Gasteiger partial charge in [0.25, 0.3) is 0 Å². The van der Waals surface area contributed by atoms with Crippen LogP contribution in [0.15, 0.2) is 36.7 Å². The van der Waals surface area contributed by atoms with E-state index in [1.54, 1.807) is 11.0 Å². The molecule has 118 valence electrons. The highest BCUT2D eigenvalue weighted by Gasteiger charge is 2.18. The summed E-state index contributed by atoms with van der Waals surface area (Å²) in [5.74, 6) is 1.52. The molecule has 1 aliphatic heterocycles. The fourth-order valence-electron chi connectivity index (χ4n) is 2.92. The van der Waals surface area contributed by atoms with Crippen molar-refractivity contribution in [3.05, 3.63) is 36.7 Å². The summed E-state index contributed by atoms with van der Waals surface area (Å²) in [5, 5.41) is 14.7. The van der Waals surface area contributed by atoms with Gasteiger partial charge in [0.1, 0.15) is 6.33 Å². The Hall–Kier alpha value is -1.72. The zero-order chi connectivity index (χ0) is 15.4. The summed E-state index contributed by atoms with van der Waals surface area (Å²) in [6, 6.07) is 9.91. The van der Waals surface area contributed by atoms with E-state index in [-0.39, 0.29) is 0 Å². The first-order chi connectivity index (χ1) is 10.7. The molecule has 1 aromatic carbocycles. The number of nitrogens with zero attached hydrogens (tertiary/aromatic N) is 4. The first-order valence-corrected chi connectivity index (χ1v) is 8.06. The van der Waals surface area contributed by atoms with Crippen LogP contribution in [0.4, 0.5) is 0 Å². The zero-order valence-corrected chi connectivity index (χ0v) is 13.1. The lowest BCUT2D eigenvalue weighted by atomic mass is 9.99. The Kier molecular flexibility index (Phi) is 4.85. The fraction of sp³-hybridized carbons (Fsp3) is 0.529. The number of hydrogen-bond donors (Lipinski definition) is 1. The lowest BCUT2D eigenvalue weighted by Gasteiger charge is -2.31. The van der Waals surface area contributed by atoms with Crippen molar-refractivity contribution in [2.24, 2.45) is 5.92 Å². The number of piperidine rings is 1. The highest BCUT2D eigenvalue weighted by Crippen LogP contribution is 2.16. The van der Waals surface area contributed by atoms with E-state index in [4.69, 9.17) is 0 Å². The molecule has 3 rings (SSSR count). The standard InChI is InChI=1S/C17H24N4O/c1-14-7-9-20(10-8-14)11-16(22)12-21-13-18-17(19-21)15-5-3-2-4-6-15/h2-6,13-14,16,22H,7-12H2,1H3. The van der Waals surface area contributed by atoms with Crippen molar-refractivity contribution in [1.82, 2.24) is 19.7 Å². The summed E-state index contributed by atoms with van der Waals surface area (Å²) in [4.78, 5) is 6.67. The monoisotopic (exact) mass is 300 g/mol. The minimum Gasteiger partial charge on any atom is -0.390 e. The van der Waals surface area contributed by atoms with Gasteiger partial charge in [-0.2, -0.15) is 5.10 Å². The molecule has 0 radical (unpaired) electrons. The Morgan fingerprint density at radius 3 is 2.64 bits per heavy atom. The van der Waals surface area contributed by atoms with Crippen molar-refractivity contribution < 1.29 is 5.11 Å². The third kappa shape index (κ3) is 3.93. The van der Waals surface area contributed by atoms with E-state index in [0.717, 1.165) is 24.6 Å². The average Bonchev–Trinajstić information content (AvgIpc) is 2.99. The van der Waals surface area contributed by atoms with Crippen LogP contribution in [-0.2, 0) is 6.54 Å². The van der Waals surface area contributed by atoms with Crippen molar-refractivity contribution in [2.45, 2.75) is 32.4 Å². The van der Waals surface area contributed by atoms with Gasteiger partial charge in [0.15, 0.2) is 5.82 Å². The molecule has 1 aromatic heterocycles. The zero-order valence-electron chi connectivity index (χ0n) is 13.1. The van der Waals surface area contributed by atoms with Gasteiger partial charge in [0.2, 0.25) is 0 Å². The SMILES string of the molecule is CC1CCN(CC(O)Cn2cnc(-c3ccccc3)n2)CC1. The van der Waals surface area contributed by atoms with E-state index < -0.39 is 6.10 Å². The molecule has 1 unspecified atom stereocenters. The van der Waals surface area contributed by atoms with Crippen molar-refractivity contribution >= 4 is 0 Å². The first kappa shape index (κ1) is 15.2. The van der Waals surface area contributed by atoms with E-state index in [2.05, 4.69) is 21.9 Å². The van der Waals surface area contributed by atoms with Crippen molar-refractivity contribution in [2.75, 3.05) is 19.6 Å². The molecule has 1 atom stereocenters. The Bertz CT molecular complexity index is 575. The van der Waals surface area contributed by atoms with E-state index >= 15 is 0 Å². The molecule has 0 saturated carbocycles. The largest absolute Gasteiger partial charge is 0.390 e. The van der Waals surface area contributed by atoms with Crippen LogP contribution in [0.1, 0.15) is 19.8 Å². The highest BCUT2D eigenvalue weighted by molar-refractivity contribution is 5.53. The third-order valence-electron chi connectivity index (χ3n) is 4.31. The Morgan fingerprint density at radius 1 is 1.18 bits per heavy atom. The van der Waals surface area contributed by atoms with Crippen LogP contribution in [0.3, 0.4) is 0 Å². The third-order valence-corrected chi connectivity index (χ3v) is 4.31. The fourth-order valence-corrected chi connectivity index (χ4v) is 2.92. The van der Waals surface area contributed by atoms with Crippen LogP contribution >= 0.6 is 0 Å². The molecule has 1 aliphatic rings. The average molecular weight is 300 g/mol. The van der Waals surface area contributed by atoms with Gasteiger partial charge in [-0.3, -0.25) is 0 Å². The normalized spacial score (nSPS) is 18.5. The second-order valence-electron chi connectivity index (χ2n) is 6.29. The second kappa shape index (κ2) is 7.03. The maximum Gasteiger partial charge on any atom is 0.181 e. The molecule has 0 aliphatic carbocycles. The van der Waals surface area contributed by atoms with Crippen LogP contribution in [0.25, 0.3) is 11.4 Å². The number of aliphatic hydroxyl groups is 1. The molecule has 22 heavy (non-hydrogen) atoms. The Labute approximate surface area is 131 Å². The summed E-state index contributed by atoms with van der Waals surface area (Å²) < 4.78 is 1.74. The molecule has 0 bridgehead atoms. The Balaban J connectivity index is 1.54. The lowest BCUT2D eigenvalue weighted by molar-refractivity contribution is 0.0777. The number of aromatic nitrogens is 3. The van der Waals surface area contributed by atoms with E-state index in [1.165, 1.54) is 12.8 Å². The van der Waals surface area contributed by atoms with Crippen LogP contribution in [0.5, 0.6) is 0 Å². The van der Waals surface area contributed by atoms with Gasteiger partial charge >= 0.3 is 0 Å². The molecule has 0 spiro atoms. The van der Waals surface area contributed by atoms with Gasteiger partial charge < -0.3 is 10.0 Å². The number of rotatable bonds is 5. The molecule has 2 heterocycles. The number of benzene rings is 1. The highest BCUT2D eigenvalue weighted by atomic mass is 16.3. The van der Waals surface area contributed by atoms with Gasteiger partial charge in [0.05, 0.1) is 12.6 Å². The molecule has 5 heteroatoms. The lowest BCUT2D eigenvalue weighted by Crippen LogP contribution is -2.39. The molecule has 1 saturated heterocycles. The summed E-state index contributed by atoms with van der Waals surface area (Å²) >= 11 is 0. The molecular formula is C17H24N4O. The van der Waals surface area contributed by atoms with E-state index in [0.29, 0.717) is 18.9 Å². The summed E-state index contributed by atoms with van der Waals surface area (Å²) in [5.41, 5.74) is 1.00. The quantitative estimate of drug-likeness (QED) is 0.918. The van der Waals surface area contributed by atoms with Gasteiger partial charge in [-0.1, -0.05) is 37.3 Å². The van der Waals surface area contributed by atoms with Crippen LogP contribution in [-0.4, -0.2) is 50.5 Å². The van der Waals surface area contributed by atoms with Gasteiger partial charge in [-0.15, -0.1) is 0 Å². The van der Waals surface area contributed by atoms with Crippen molar-refractivity contribution in [1.29, 1.82) is 0 Å². The van der Waals surface area contributed by atoms with Gasteiger partial charge in [0, 0.05) is 12.1 Å².